The maximum Gasteiger partial charge on any atom is 0.167 e. The number of ketones is 1. The number of Topliss-reactive ketones (excluding diaryl/α,β-unsaturated/α-hetero) is 1. The van der Waals surface area contributed by atoms with Crippen molar-refractivity contribution < 1.29 is 9.53 Å². The Bertz CT molecular complexity index is 661. The lowest BCUT2D eigenvalue weighted by molar-refractivity contribution is -0.132. The summed E-state index contributed by atoms with van der Waals surface area (Å²) in [7, 11) is 0. The normalized spacial score (nSPS) is 24.2. The van der Waals surface area contributed by atoms with Crippen LogP contribution in [0.2, 0.25) is 5.02 Å². The number of hydrogen-bond acceptors (Lipinski definition) is 2. The topological polar surface area (TPSA) is 26.3 Å². The fourth-order valence-corrected chi connectivity index (χ4v) is 3.01. The fraction of sp³-hybridized carbons (Fsp3) is 0.278. The highest BCUT2D eigenvalue weighted by Crippen LogP contribution is 2.47. The molecule has 0 amide bonds. The number of ether oxygens (including phenoxy) is 1. The molecule has 1 unspecified atom stereocenters. The van der Waals surface area contributed by atoms with Crippen LogP contribution in [-0.2, 0) is 15.1 Å². The maximum absolute atomic E-state index is 12.4. The Balaban J connectivity index is 2.17. The molecule has 1 fully saturated rings. The number of rotatable bonds is 2. The van der Waals surface area contributed by atoms with Crippen LogP contribution in [0, 0.1) is 0 Å². The van der Waals surface area contributed by atoms with E-state index in [0.29, 0.717) is 11.4 Å². The summed E-state index contributed by atoms with van der Waals surface area (Å²) >= 11 is 5.99. The summed E-state index contributed by atoms with van der Waals surface area (Å²) in [6, 6.07) is 17.4. The van der Waals surface area contributed by atoms with Crippen molar-refractivity contribution in [2.45, 2.75) is 31.5 Å². The van der Waals surface area contributed by atoms with Gasteiger partial charge in [0.25, 0.3) is 0 Å². The van der Waals surface area contributed by atoms with E-state index >= 15 is 0 Å². The highest BCUT2D eigenvalue weighted by molar-refractivity contribution is 6.30. The molecule has 21 heavy (non-hydrogen) atoms. The third-order valence-electron chi connectivity index (χ3n) is 4.06. The molecular formula is C18H17ClO2. The number of hydrogen-bond donors (Lipinski definition) is 0. The fourth-order valence-electron chi connectivity index (χ4n) is 2.88. The van der Waals surface area contributed by atoms with Crippen molar-refractivity contribution >= 4 is 17.4 Å². The third-order valence-corrected chi connectivity index (χ3v) is 4.31. The van der Waals surface area contributed by atoms with Crippen LogP contribution in [-0.4, -0.2) is 11.4 Å². The Morgan fingerprint density at radius 1 is 0.952 bits per heavy atom. The van der Waals surface area contributed by atoms with Crippen LogP contribution in [0.15, 0.2) is 54.6 Å². The van der Waals surface area contributed by atoms with Gasteiger partial charge in [0.1, 0.15) is 11.2 Å². The molecule has 0 bridgehead atoms. The summed E-state index contributed by atoms with van der Waals surface area (Å²) in [5.74, 6) is 0.112. The summed E-state index contributed by atoms with van der Waals surface area (Å²) in [5.41, 5.74) is 0.435. The first kappa shape index (κ1) is 14.3. The molecule has 2 aromatic rings. The van der Waals surface area contributed by atoms with Crippen LogP contribution < -0.4 is 0 Å². The second-order valence-electron chi connectivity index (χ2n) is 5.91. The highest BCUT2D eigenvalue weighted by atomic mass is 35.5. The van der Waals surface area contributed by atoms with Crippen LogP contribution in [0.25, 0.3) is 0 Å². The van der Waals surface area contributed by atoms with Gasteiger partial charge < -0.3 is 4.74 Å². The van der Waals surface area contributed by atoms with Gasteiger partial charge in [-0.05, 0) is 37.1 Å². The zero-order valence-corrected chi connectivity index (χ0v) is 12.9. The number of carbonyl (C=O) groups is 1. The van der Waals surface area contributed by atoms with Crippen molar-refractivity contribution in [3.05, 3.63) is 70.7 Å². The average molecular weight is 301 g/mol. The van der Waals surface area contributed by atoms with E-state index in [9.17, 15) is 4.79 Å². The number of carbonyl (C=O) groups excluding carboxylic acids is 1. The van der Waals surface area contributed by atoms with Gasteiger partial charge in [0, 0.05) is 11.4 Å². The van der Waals surface area contributed by atoms with Crippen molar-refractivity contribution in [2.24, 2.45) is 0 Å². The molecule has 0 aromatic heterocycles. The van der Waals surface area contributed by atoms with Crippen molar-refractivity contribution in [3.63, 3.8) is 0 Å². The predicted molar refractivity (Wildman–Crippen MR) is 83.5 cm³/mol. The van der Waals surface area contributed by atoms with E-state index in [1.165, 1.54) is 0 Å². The molecular weight excluding hydrogens is 284 g/mol. The van der Waals surface area contributed by atoms with Gasteiger partial charge in [0.05, 0.1) is 0 Å². The Hall–Kier alpha value is -1.64. The first-order chi connectivity index (χ1) is 9.94. The Labute approximate surface area is 129 Å². The van der Waals surface area contributed by atoms with Crippen LogP contribution in [0.4, 0.5) is 0 Å². The van der Waals surface area contributed by atoms with Gasteiger partial charge in [0.2, 0.25) is 0 Å². The molecule has 1 aliphatic rings. The van der Waals surface area contributed by atoms with Crippen LogP contribution in [0.3, 0.4) is 0 Å². The van der Waals surface area contributed by atoms with E-state index in [-0.39, 0.29) is 5.78 Å². The van der Waals surface area contributed by atoms with Gasteiger partial charge >= 0.3 is 0 Å². The van der Waals surface area contributed by atoms with Gasteiger partial charge in [-0.1, -0.05) is 54.1 Å². The SMILES string of the molecule is CC1(C)OC(c2ccccc2)(c2ccc(Cl)cc2)CC1=O. The van der Waals surface area contributed by atoms with Gasteiger partial charge in [-0.15, -0.1) is 0 Å². The third kappa shape index (κ3) is 2.39. The van der Waals surface area contributed by atoms with E-state index in [2.05, 4.69) is 0 Å². The molecule has 1 aliphatic heterocycles. The zero-order chi connectivity index (χ0) is 15.1. The molecule has 3 rings (SSSR count). The molecule has 2 aromatic carbocycles. The monoisotopic (exact) mass is 300 g/mol. The van der Waals surface area contributed by atoms with Crippen molar-refractivity contribution in [1.82, 2.24) is 0 Å². The molecule has 1 heterocycles. The second kappa shape index (κ2) is 4.97. The van der Waals surface area contributed by atoms with Crippen molar-refractivity contribution in [3.8, 4) is 0 Å². The number of halogens is 1. The molecule has 2 nitrogen and oxygen atoms in total. The van der Waals surface area contributed by atoms with E-state index < -0.39 is 11.2 Å². The summed E-state index contributed by atoms with van der Waals surface area (Å²) in [5, 5.41) is 0.672. The lowest BCUT2D eigenvalue weighted by Gasteiger charge is -2.32. The van der Waals surface area contributed by atoms with Gasteiger partial charge in [0.15, 0.2) is 5.78 Å². The Kier molecular flexibility index (Phi) is 3.39. The highest BCUT2D eigenvalue weighted by Gasteiger charge is 2.52. The molecule has 108 valence electrons. The van der Waals surface area contributed by atoms with Gasteiger partial charge in [-0.2, -0.15) is 0 Å². The smallest absolute Gasteiger partial charge is 0.167 e. The minimum atomic E-state index is -0.782. The molecule has 0 saturated carbocycles. The first-order valence-electron chi connectivity index (χ1n) is 6.99. The summed E-state index contributed by atoms with van der Waals surface area (Å²) in [4.78, 5) is 12.4. The summed E-state index contributed by atoms with van der Waals surface area (Å²) in [6.45, 7) is 3.66. The molecule has 0 aliphatic carbocycles. The minimum absolute atomic E-state index is 0.112. The quantitative estimate of drug-likeness (QED) is 0.824. The molecule has 1 saturated heterocycles. The predicted octanol–water partition coefficient (Wildman–Crippen LogP) is 4.35. The second-order valence-corrected chi connectivity index (χ2v) is 6.35. The lowest BCUT2D eigenvalue weighted by Crippen LogP contribution is -2.32. The lowest BCUT2D eigenvalue weighted by atomic mass is 9.83. The first-order valence-corrected chi connectivity index (χ1v) is 7.37. The largest absolute Gasteiger partial charge is 0.351 e. The van der Waals surface area contributed by atoms with E-state index in [4.69, 9.17) is 16.3 Å². The summed E-state index contributed by atoms with van der Waals surface area (Å²) < 4.78 is 6.27. The molecule has 1 atom stereocenters. The van der Waals surface area contributed by atoms with E-state index in [1.54, 1.807) is 0 Å². The van der Waals surface area contributed by atoms with Crippen molar-refractivity contribution in [2.75, 3.05) is 0 Å². The van der Waals surface area contributed by atoms with Gasteiger partial charge in [-0.25, -0.2) is 0 Å². The Morgan fingerprint density at radius 3 is 2.05 bits per heavy atom. The zero-order valence-electron chi connectivity index (χ0n) is 12.1. The molecule has 3 heteroatoms. The van der Waals surface area contributed by atoms with E-state index in [0.717, 1.165) is 11.1 Å². The number of benzene rings is 2. The molecule has 0 radical (unpaired) electrons. The van der Waals surface area contributed by atoms with Crippen LogP contribution >= 0.6 is 11.6 Å². The van der Waals surface area contributed by atoms with E-state index in [1.807, 2.05) is 68.4 Å². The Morgan fingerprint density at radius 2 is 1.52 bits per heavy atom. The summed E-state index contributed by atoms with van der Waals surface area (Å²) in [6.07, 6.45) is 0.339. The van der Waals surface area contributed by atoms with Crippen LogP contribution in [0.1, 0.15) is 31.4 Å². The standard InChI is InChI=1S/C18H17ClO2/c1-17(2)16(20)12-18(21-17,13-6-4-3-5-7-13)14-8-10-15(19)11-9-14/h3-11H,12H2,1-2H3. The van der Waals surface area contributed by atoms with Crippen molar-refractivity contribution in [1.29, 1.82) is 0 Å². The van der Waals surface area contributed by atoms with Crippen LogP contribution in [0.5, 0.6) is 0 Å². The molecule has 0 N–H and O–H groups in total. The maximum atomic E-state index is 12.4. The minimum Gasteiger partial charge on any atom is -0.351 e. The van der Waals surface area contributed by atoms with Gasteiger partial charge in [-0.3, -0.25) is 4.79 Å². The molecule has 0 spiro atoms. The average Bonchev–Trinajstić information content (AvgIpc) is 2.72.